The van der Waals surface area contributed by atoms with Crippen molar-refractivity contribution in [3.63, 3.8) is 0 Å². The Morgan fingerprint density at radius 3 is 2.76 bits per heavy atom. The highest BCUT2D eigenvalue weighted by molar-refractivity contribution is 6.42. The minimum Gasteiger partial charge on any atom is -0.491 e. The van der Waals surface area contributed by atoms with E-state index in [0.29, 0.717) is 22.4 Å². The fourth-order valence-electron chi connectivity index (χ4n) is 1.30. The quantitative estimate of drug-likeness (QED) is 0.741. The molecule has 1 aromatic rings. The summed E-state index contributed by atoms with van der Waals surface area (Å²) in [5.74, 6) is 0.623. The van der Waals surface area contributed by atoms with E-state index in [4.69, 9.17) is 32.7 Å². The first kappa shape index (κ1) is 14.6. The predicted octanol–water partition coefficient (Wildman–Crippen LogP) is 3.00. The van der Waals surface area contributed by atoms with Gasteiger partial charge in [-0.3, -0.25) is 0 Å². The number of rotatable bonds is 8. The van der Waals surface area contributed by atoms with Gasteiger partial charge in [0.05, 0.1) is 5.02 Å². The van der Waals surface area contributed by atoms with Gasteiger partial charge in [0, 0.05) is 20.3 Å². The Kier molecular flexibility index (Phi) is 7.37. The average Bonchev–Trinajstić information content (AvgIpc) is 2.33. The lowest BCUT2D eigenvalue weighted by Crippen LogP contribution is -2.22. The van der Waals surface area contributed by atoms with Crippen molar-refractivity contribution in [3.05, 3.63) is 28.2 Å². The van der Waals surface area contributed by atoms with Crippen molar-refractivity contribution in [2.45, 2.75) is 6.42 Å². The summed E-state index contributed by atoms with van der Waals surface area (Å²) in [5, 5.41) is 4.22. The van der Waals surface area contributed by atoms with E-state index < -0.39 is 0 Å². The zero-order valence-corrected chi connectivity index (χ0v) is 11.4. The first-order valence-electron chi connectivity index (χ1n) is 5.52. The van der Waals surface area contributed by atoms with Crippen LogP contribution in [0.1, 0.15) is 6.42 Å². The van der Waals surface area contributed by atoms with E-state index in [9.17, 15) is 0 Å². The van der Waals surface area contributed by atoms with Gasteiger partial charge in [0.25, 0.3) is 0 Å². The standard InChI is InChI=1S/C12H17Cl2NO2/c1-16-8-3-6-15-7-9-17-11-5-2-4-10(13)12(11)14/h2,4-5,15H,3,6-9H2,1H3. The summed E-state index contributed by atoms with van der Waals surface area (Å²) < 4.78 is 10.5. The van der Waals surface area contributed by atoms with Gasteiger partial charge in [0.2, 0.25) is 0 Å². The van der Waals surface area contributed by atoms with Crippen molar-refractivity contribution >= 4 is 23.2 Å². The fraction of sp³-hybridized carbons (Fsp3) is 0.500. The van der Waals surface area contributed by atoms with Gasteiger partial charge in [-0.1, -0.05) is 29.3 Å². The molecule has 0 heterocycles. The summed E-state index contributed by atoms with van der Waals surface area (Å²) in [6, 6.07) is 5.36. The number of methoxy groups -OCH3 is 1. The summed E-state index contributed by atoms with van der Waals surface area (Å²) in [6.45, 7) is 3.02. The van der Waals surface area contributed by atoms with E-state index in [2.05, 4.69) is 5.32 Å². The summed E-state index contributed by atoms with van der Waals surface area (Å²) >= 11 is 11.9. The van der Waals surface area contributed by atoms with Crippen LogP contribution >= 0.6 is 23.2 Å². The second kappa shape index (κ2) is 8.59. The Balaban J connectivity index is 2.16. The largest absolute Gasteiger partial charge is 0.491 e. The summed E-state index contributed by atoms with van der Waals surface area (Å²) in [5.41, 5.74) is 0. The molecule has 0 bridgehead atoms. The number of ether oxygens (including phenoxy) is 2. The van der Waals surface area contributed by atoms with Crippen LogP contribution in [-0.4, -0.2) is 33.4 Å². The van der Waals surface area contributed by atoms with Crippen LogP contribution < -0.4 is 10.1 Å². The first-order valence-corrected chi connectivity index (χ1v) is 6.27. The van der Waals surface area contributed by atoms with Crippen LogP contribution in [0.25, 0.3) is 0 Å². The third-order valence-corrected chi connectivity index (χ3v) is 2.96. The molecule has 0 aromatic heterocycles. The second-order valence-corrected chi connectivity index (χ2v) is 4.28. The number of halogens is 2. The molecule has 1 aromatic carbocycles. The van der Waals surface area contributed by atoms with E-state index in [1.165, 1.54) is 0 Å². The number of hydrogen-bond acceptors (Lipinski definition) is 3. The maximum absolute atomic E-state index is 5.98. The van der Waals surface area contributed by atoms with Crippen molar-refractivity contribution in [1.29, 1.82) is 0 Å². The van der Waals surface area contributed by atoms with Crippen molar-refractivity contribution < 1.29 is 9.47 Å². The van der Waals surface area contributed by atoms with E-state index >= 15 is 0 Å². The Bertz CT molecular complexity index is 334. The monoisotopic (exact) mass is 277 g/mol. The van der Waals surface area contributed by atoms with Crippen LogP contribution in [0.15, 0.2) is 18.2 Å². The molecule has 0 unspecified atom stereocenters. The van der Waals surface area contributed by atoms with Crippen molar-refractivity contribution in [2.75, 3.05) is 33.4 Å². The SMILES string of the molecule is COCCCNCCOc1cccc(Cl)c1Cl. The molecule has 0 fully saturated rings. The topological polar surface area (TPSA) is 30.5 Å². The molecule has 0 amide bonds. The van der Waals surface area contributed by atoms with Gasteiger partial charge in [0.15, 0.2) is 0 Å². The fourth-order valence-corrected chi connectivity index (χ4v) is 1.64. The lowest BCUT2D eigenvalue weighted by molar-refractivity contribution is 0.193. The molecule has 0 radical (unpaired) electrons. The first-order chi connectivity index (χ1) is 8.25. The Morgan fingerprint density at radius 1 is 1.18 bits per heavy atom. The minimum atomic E-state index is 0.466. The molecule has 0 aliphatic carbocycles. The number of nitrogens with one attached hydrogen (secondary N) is 1. The van der Waals surface area contributed by atoms with E-state index in [1.54, 1.807) is 19.2 Å². The zero-order chi connectivity index (χ0) is 12.5. The lowest BCUT2D eigenvalue weighted by Gasteiger charge is -2.09. The molecule has 3 nitrogen and oxygen atoms in total. The van der Waals surface area contributed by atoms with Gasteiger partial charge in [-0.25, -0.2) is 0 Å². The van der Waals surface area contributed by atoms with Gasteiger partial charge in [-0.2, -0.15) is 0 Å². The maximum Gasteiger partial charge on any atom is 0.139 e. The van der Waals surface area contributed by atoms with Crippen LogP contribution in [0, 0.1) is 0 Å². The molecule has 17 heavy (non-hydrogen) atoms. The van der Waals surface area contributed by atoms with E-state index in [-0.39, 0.29) is 0 Å². The van der Waals surface area contributed by atoms with Crippen LogP contribution in [-0.2, 0) is 4.74 Å². The summed E-state index contributed by atoms with van der Waals surface area (Å²) in [4.78, 5) is 0. The predicted molar refractivity (Wildman–Crippen MR) is 71.3 cm³/mol. The lowest BCUT2D eigenvalue weighted by atomic mass is 10.3. The molecule has 0 atom stereocenters. The molecule has 1 rings (SSSR count). The second-order valence-electron chi connectivity index (χ2n) is 3.50. The highest BCUT2D eigenvalue weighted by atomic mass is 35.5. The highest BCUT2D eigenvalue weighted by Gasteiger charge is 2.04. The van der Waals surface area contributed by atoms with E-state index in [1.807, 2.05) is 6.07 Å². The van der Waals surface area contributed by atoms with Crippen molar-refractivity contribution in [3.8, 4) is 5.75 Å². The summed E-state index contributed by atoms with van der Waals surface area (Å²) in [6.07, 6.45) is 0.994. The molecular weight excluding hydrogens is 261 g/mol. The molecular formula is C12H17Cl2NO2. The highest BCUT2D eigenvalue weighted by Crippen LogP contribution is 2.31. The van der Waals surface area contributed by atoms with Gasteiger partial charge in [-0.15, -0.1) is 0 Å². The van der Waals surface area contributed by atoms with Gasteiger partial charge in [0.1, 0.15) is 17.4 Å². The van der Waals surface area contributed by atoms with Gasteiger partial charge in [-0.05, 0) is 25.1 Å². The zero-order valence-electron chi connectivity index (χ0n) is 9.84. The molecule has 0 aliphatic rings. The van der Waals surface area contributed by atoms with Crippen molar-refractivity contribution in [2.24, 2.45) is 0 Å². The number of benzene rings is 1. The molecule has 0 spiro atoms. The normalized spacial score (nSPS) is 10.5. The Labute approximate surface area is 112 Å². The molecule has 5 heteroatoms. The van der Waals surface area contributed by atoms with Crippen molar-refractivity contribution in [1.82, 2.24) is 5.32 Å². The van der Waals surface area contributed by atoms with Gasteiger partial charge >= 0.3 is 0 Å². The molecule has 0 saturated carbocycles. The molecule has 1 N–H and O–H groups in total. The van der Waals surface area contributed by atoms with E-state index in [0.717, 1.165) is 26.1 Å². The average molecular weight is 278 g/mol. The van der Waals surface area contributed by atoms with Crippen LogP contribution in [0.4, 0.5) is 0 Å². The maximum atomic E-state index is 5.98. The van der Waals surface area contributed by atoms with Crippen LogP contribution in [0.5, 0.6) is 5.75 Å². The minimum absolute atomic E-state index is 0.466. The van der Waals surface area contributed by atoms with Gasteiger partial charge < -0.3 is 14.8 Å². The summed E-state index contributed by atoms with van der Waals surface area (Å²) in [7, 11) is 1.70. The number of hydrogen-bond donors (Lipinski definition) is 1. The van der Waals surface area contributed by atoms with Crippen LogP contribution in [0.2, 0.25) is 10.0 Å². The molecule has 96 valence electrons. The molecule has 0 saturated heterocycles. The third kappa shape index (κ3) is 5.59. The Morgan fingerprint density at radius 2 is 2.00 bits per heavy atom. The Hall–Kier alpha value is -0.480. The third-order valence-electron chi connectivity index (χ3n) is 2.15. The van der Waals surface area contributed by atoms with Crippen LogP contribution in [0.3, 0.4) is 0 Å². The smallest absolute Gasteiger partial charge is 0.139 e. The molecule has 0 aliphatic heterocycles.